The molecule has 0 heterocycles. The lowest BCUT2D eigenvalue weighted by Gasteiger charge is -2.24. The molecule has 0 aliphatic heterocycles. The number of carbonyl (C=O) groups excluding carboxylic acids is 2. The quantitative estimate of drug-likeness (QED) is 0.0322. The van der Waals surface area contributed by atoms with Crippen LogP contribution in [-0.4, -0.2) is 46.9 Å². The van der Waals surface area contributed by atoms with Crippen LogP contribution in [0, 0.1) is 0 Å². The van der Waals surface area contributed by atoms with Gasteiger partial charge in [0, 0.05) is 6.42 Å². The van der Waals surface area contributed by atoms with Gasteiger partial charge in [0.15, 0.2) is 0 Å². The molecule has 0 saturated carbocycles. The fourth-order valence-corrected chi connectivity index (χ4v) is 8.10. The molecule has 0 radical (unpaired) electrons. The van der Waals surface area contributed by atoms with Crippen molar-refractivity contribution in [2.75, 3.05) is 6.61 Å². The lowest BCUT2D eigenvalue weighted by Crippen LogP contribution is -2.46. The van der Waals surface area contributed by atoms with Crippen molar-refractivity contribution in [2.24, 2.45) is 0 Å². The van der Waals surface area contributed by atoms with Gasteiger partial charge in [0.25, 0.3) is 0 Å². The van der Waals surface area contributed by atoms with Crippen molar-refractivity contribution >= 4 is 11.9 Å². The maximum absolute atomic E-state index is 13.2. The molecule has 0 fully saturated rings. The third-order valence-corrected chi connectivity index (χ3v) is 12.2. The number of aliphatic hydroxyl groups is 2. The van der Waals surface area contributed by atoms with E-state index < -0.39 is 18.2 Å². The molecule has 0 aromatic heterocycles. The number of nitrogens with one attached hydrogen (secondary N) is 1. The molecule has 3 N–H and O–H groups in total. The molecule has 0 aromatic rings. The summed E-state index contributed by atoms with van der Waals surface area (Å²) in [6.07, 6.45) is 57.7. The van der Waals surface area contributed by atoms with Crippen LogP contribution < -0.4 is 5.32 Å². The molecule has 0 aliphatic carbocycles. The largest absolute Gasteiger partial charge is 0.462 e. The summed E-state index contributed by atoms with van der Waals surface area (Å²) in [5.74, 6) is -0.483. The second-order valence-corrected chi connectivity index (χ2v) is 18.3. The number of aliphatic hydroxyl groups excluding tert-OH is 2. The third kappa shape index (κ3) is 44.5. The van der Waals surface area contributed by atoms with E-state index >= 15 is 0 Å². The van der Waals surface area contributed by atoms with Crippen LogP contribution in [0.4, 0.5) is 0 Å². The Morgan fingerprint density at radius 2 is 0.836 bits per heavy atom. The highest BCUT2D eigenvalue weighted by atomic mass is 16.5. The third-order valence-electron chi connectivity index (χ3n) is 12.2. The molecule has 6 nitrogen and oxygen atoms in total. The smallest absolute Gasteiger partial charge is 0.306 e. The predicted octanol–water partition coefficient (Wildman–Crippen LogP) is 16.1. The average molecular weight is 858 g/mol. The Kier molecular flexibility index (Phi) is 47.6. The first-order chi connectivity index (χ1) is 30.0. The van der Waals surface area contributed by atoms with E-state index in [9.17, 15) is 19.8 Å². The number of unbranched alkanes of at least 4 members (excludes halogenated alkanes) is 30. The van der Waals surface area contributed by atoms with E-state index in [-0.39, 0.29) is 24.9 Å². The standard InChI is InChI=1S/C55H103NO5/c1-4-7-10-13-16-19-22-25-27-29-31-34-37-40-43-46-51(61-55(60)48-45-42-39-36-33-30-28-26-23-20-17-14-11-8-5-2)49-54(59)56-52(50-57)53(58)47-44-41-38-35-32-24-21-18-15-12-9-6-3/h16,19-20,23,25,27,51-53,57-58H,4-15,17-18,21-22,24,26,28-50H2,1-3H3,(H,56,59)/b19-16-,23-20-,27-25-. The van der Waals surface area contributed by atoms with E-state index in [0.717, 1.165) is 70.6 Å². The number of carbonyl (C=O) groups is 2. The molecular formula is C55H103NO5. The van der Waals surface area contributed by atoms with Crippen molar-refractivity contribution in [1.29, 1.82) is 0 Å². The van der Waals surface area contributed by atoms with Gasteiger partial charge in [0.1, 0.15) is 6.10 Å². The van der Waals surface area contributed by atoms with E-state index in [1.807, 2.05) is 0 Å². The first-order valence-corrected chi connectivity index (χ1v) is 26.7. The second-order valence-electron chi connectivity index (χ2n) is 18.3. The fraction of sp³-hybridized carbons (Fsp3) is 0.855. The highest BCUT2D eigenvalue weighted by Gasteiger charge is 2.24. The molecule has 0 aromatic carbocycles. The highest BCUT2D eigenvalue weighted by molar-refractivity contribution is 5.77. The van der Waals surface area contributed by atoms with Crippen molar-refractivity contribution in [2.45, 2.75) is 296 Å². The maximum atomic E-state index is 13.2. The topological polar surface area (TPSA) is 95.9 Å². The number of allylic oxidation sites excluding steroid dienone is 6. The second kappa shape index (κ2) is 49.1. The van der Waals surface area contributed by atoms with E-state index in [0.29, 0.717) is 19.3 Å². The Morgan fingerprint density at radius 3 is 1.31 bits per heavy atom. The van der Waals surface area contributed by atoms with E-state index in [4.69, 9.17) is 4.74 Å². The van der Waals surface area contributed by atoms with Gasteiger partial charge in [-0.15, -0.1) is 0 Å². The van der Waals surface area contributed by atoms with Crippen LogP contribution >= 0.6 is 0 Å². The number of hydrogen-bond acceptors (Lipinski definition) is 5. The van der Waals surface area contributed by atoms with Gasteiger partial charge in [0.2, 0.25) is 5.91 Å². The van der Waals surface area contributed by atoms with Crippen LogP contribution in [-0.2, 0) is 14.3 Å². The summed E-state index contributed by atoms with van der Waals surface area (Å²) in [5.41, 5.74) is 0. The Balaban J connectivity index is 4.60. The minimum atomic E-state index is -0.790. The molecule has 3 unspecified atom stereocenters. The lowest BCUT2D eigenvalue weighted by molar-refractivity contribution is -0.151. The molecule has 1 amide bonds. The van der Waals surface area contributed by atoms with Crippen molar-refractivity contribution in [3.05, 3.63) is 36.5 Å². The molecule has 0 bridgehead atoms. The minimum absolute atomic E-state index is 0.0689. The SMILES string of the molecule is CCCCC/C=C\C/C=C\CCCCCCCC(CC(=O)NC(CO)C(O)CCCCCCCCCCCCCC)OC(=O)CCCCCCCCC/C=C\CCCCCC. The van der Waals surface area contributed by atoms with Gasteiger partial charge in [-0.2, -0.15) is 0 Å². The summed E-state index contributed by atoms with van der Waals surface area (Å²) in [5, 5.41) is 23.8. The zero-order valence-corrected chi connectivity index (χ0v) is 40.8. The Labute approximate surface area is 379 Å². The van der Waals surface area contributed by atoms with Crippen LogP contribution in [0.3, 0.4) is 0 Å². The number of hydrogen-bond donors (Lipinski definition) is 3. The predicted molar refractivity (Wildman–Crippen MR) is 264 cm³/mol. The molecular weight excluding hydrogens is 755 g/mol. The minimum Gasteiger partial charge on any atom is -0.462 e. The Morgan fingerprint density at radius 1 is 0.475 bits per heavy atom. The fourth-order valence-electron chi connectivity index (χ4n) is 8.10. The van der Waals surface area contributed by atoms with Gasteiger partial charge in [-0.25, -0.2) is 0 Å². The van der Waals surface area contributed by atoms with Crippen LogP contribution in [0.5, 0.6) is 0 Å². The summed E-state index contributed by atoms with van der Waals surface area (Å²) in [7, 11) is 0. The zero-order chi connectivity index (χ0) is 44.5. The molecule has 0 rings (SSSR count). The molecule has 0 saturated heterocycles. The van der Waals surface area contributed by atoms with Crippen LogP contribution in [0.2, 0.25) is 0 Å². The number of rotatable bonds is 48. The molecule has 3 atom stereocenters. The van der Waals surface area contributed by atoms with Crippen molar-refractivity contribution in [1.82, 2.24) is 5.32 Å². The van der Waals surface area contributed by atoms with Crippen molar-refractivity contribution in [3.8, 4) is 0 Å². The number of amides is 1. The Bertz CT molecular complexity index is 1010. The van der Waals surface area contributed by atoms with Gasteiger partial charge in [-0.1, -0.05) is 218 Å². The van der Waals surface area contributed by atoms with Gasteiger partial charge in [-0.3, -0.25) is 9.59 Å². The van der Waals surface area contributed by atoms with Gasteiger partial charge >= 0.3 is 5.97 Å². The molecule has 61 heavy (non-hydrogen) atoms. The summed E-state index contributed by atoms with van der Waals surface area (Å²) < 4.78 is 5.94. The van der Waals surface area contributed by atoms with Crippen molar-refractivity contribution in [3.63, 3.8) is 0 Å². The van der Waals surface area contributed by atoms with Crippen molar-refractivity contribution < 1.29 is 24.5 Å². The summed E-state index contributed by atoms with van der Waals surface area (Å²) in [4.78, 5) is 26.2. The van der Waals surface area contributed by atoms with Crippen LogP contribution in [0.25, 0.3) is 0 Å². The maximum Gasteiger partial charge on any atom is 0.306 e. The van der Waals surface area contributed by atoms with E-state index in [1.54, 1.807) is 0 Å². The van der Waals surface area contributed by atoms with Crippen LogP contribution in [0.1, 0.15) is 278 Å². The number of esters is 1. The van der Waals surface area contributed by atoms with Gasteiger partial charge in [-0.05, 0) is 83.5 Å². The van der Waals surface area contributed by atoms with E-state index in [2.05, 4.69) is 62.5 Å². The molecule has 6 heteroatoms. The highest BCUT2D eigenvalue weighted by Crippen LogP contribution is 2.18. The first-order valence-electron chi connectivity index (χ1n) is 26.7. The summed E-state index contributed by atoms with van der Waals surface area (Å²) in [6, 6.07) is -0.704. The molecule has 0 spiro atoms. The number of ether oxygens (including phenoxy) is 1. The Hall–Kier alpha value is -1.92. The molecule has 358 valence electrons. The average Bonchev–Trinajstić information content (AvgIpc) is 3.25. The molecule has 0 aliphatic rings. The van der Waals surface area contributed by atoms with Gasteiger partial charge in [0.05, 0.1) is 25.2 Å². The normalized spacial score (nSPS) is 13.5. The monoisotopic (exact) mass is 858 g/mol. The zero-order valence-electron chi connectivity index (χ0n) is 40.8. The summed E-state index contributed by atoms with van der Waals surface area (Å²) >= 11 is 0. The first kappa shape index (κ1) is 59.1. The van der Waals surface area contributed by atoms with E-state index in [1.165, 1.54) is 161 Å². The lowest BCUT2D eigenvalue weighted by atomic mass is 10.0. The van der Waals surface area contributed by atoms with Gasteiger partial charge < -0.3 is 20.3 Å². The van der Waals surface area contributed by atoms with Crippen LogP contribution in [0.15, 0.2) is 36.5 Å². The summed E-state index contributed by atoms with van der Waals surface area (Å²) in [6.45, 7) is 6.45.